The highest BCUT2D eigenvalue weighted by atomic mass is 32.1. The van der Waals surface area contributed by atoms with Gasteiger partial charge in [-0.2, -0.15) is 13.2 Å². The van der Waals surface area contributed by atoms with E-state index in [1.54, 1.807) is 49.8 Å². The van der Waals surface area contributed by atoms with Crippen LogP contribution in [0.25, 0.3) is 5.69 Å². The van der Waals surface area contributed by atoms with Crippen molar-refractivity contribution in [3.8, 4) is 17.5 Å². The zero-order chi connectivity index (χ0) is 29.1. The third-order valence-corrected chi connectivity index (χ3v) is 7.19. The molecule has 0 aliphatic carbocycles. The van der Waals surface area contributed by atoms with Gasteiger partial charge in [-0.15, -0.1) is 11.3 Å². The number of nitrogens with zero attached hydrogens (tertiary/aromatic N) is 5. The number of carbonyl (C=O) groups excluding carboxylic acids is 1. The zero-order valence-electron chi connectivity index (χ0n) is 22.5. The van der Waals surface area contributed by atoms with Crippen molar-refractivity contribution in [2.45, 2.75) is 39.8 Å². The second kappa shape index (κ2) is 11.5. The number of thiazole rings is 1. The van der Waals surface area contributed by atoms with E-state index in [9.17, 15) is 18.0 Å². The van der Waals surface area contributed by atoms with E-state index in [1.807, 2.05) is 19.9 Å². The molecule has 2 aromatic carbocycles. The normalized spacial score (nSPS) is 11.3. The Balaban J connectivity index is 1.36. The van der Waals surface area contributed by atoms with E-state index in [0.717, 1.165) is 33.3 Å². The fourth-order valence-electron chi connectivity index (χ4n) is 4.21. The van der Waals surface area contributed by atoms with Gasteiger partial charge in [0.15, 0.2) is 5.78 Å². The maximum absolute atomic E-state index is 13.6. The smallest absolute Gasteiger partial charge is 0.306 e. The van der Waals surface area contributed by atoms with Gasteiger partial charge in [0.2, 0.25) is 0 Å². The molecular weight excluding hydrogens is 547 g/mol. The summed E-state index contributed by atoms with van der Waals surface area (Å²) in [5, 5.41) is 0.874. The lowest BCUT2D eigenvalue weighted by Crippen LogP contribution is -2.10. The summed E-state index contributed by atoms with van der Waals surface area (Å²) in [6, 6.07) is 10.6. The predicted octanol–water partition coefficient (Wildman–Crippen LogP) is 6.48. The summed E-state index contributed by atoms with van der Waals surface area (Å²) in [4.78, 5) is 31.0. The van der Waals surface area contributed by atoms with E-state index in [0.29, 0.717) is 29.1 Å². The lowest BCUT2D eigenvalue weighted by Gasteiger charge is -2.13. The van der Waals surface area contributed by atoms with E-state index in [1.165, 1.54) is 22.2 Å². The minimum Gasteiger partial charge on any atom is -0.306 e. The molecule has 5 aromatic rings. The number of hydrogen-bond acceptors (Lipinski definition) is 6. The van der Waals surface area contributed by atoms with Gasteiger partial charge < -0.3 is 4.57 Å². The molecule has 0 saturated carbocycles. The summed E-state index contributed by atoms with van der Waals surface area (Å²) in [7, 11) is 0. The lowest BCUT2D eigenvalue weighted by atomic mass is 9.97. The highest BCUT2D eigenvalue weighted by Crippen LogP contribution is 2.32. The van der Waals surface area contributed by atoms with Crippen molar-refractivity contribution in [3.05, 3.63) is 122 Å². The molecule has 0 aliphatic rings. The molecular formula is C31H24F3N5OS. The van der Waals surface area contributed by atoms with Crippen LogP contribution in [-0.4, -0.2) is 30.3 Å². The van der Waals surface area contributed by atoms with Gasteiger partial charge in [0.05, 0.1) is 39.4 Å². The SMILES string of the molecule is Cc1cn(-c2cc(CC(=O)c3ccc(C)c(C#Cc4cnc(Cc5ccnc(C)n5)s4)c3)cc(C(F)(F)F)c2)cn1. The van der Waals surface area contributed by atoms with E-state index < -0.39 is 11.7 Å². The van der Waals surface area contributed by atoms with E-state index >= 15 is 0 Å². The van der Waals surface area contributed by atoms with Crippen LogP contribution in [0.5, 0.6) is 0 Å². The van der Waals surface area contributed by atoms with Gasteiger partial charge in [0.1, 0.15) is 5.82 Å². The molecule has 206 valence electrons. The van der Waals surface area contributed by atoms with Crippen LogP contribution in [0.1, 0.15) is 59.7 Å². The third kappa shape index (κ3) is 6.94. The van der Waals surface area contributed by atoms with Crippen LogP contribution in [0, 0.1) is 32.6 Å². The van der Waals surface area contributed by atoms with Crippen LogP contribution in [0.2, 0.25) is 0 Å². The van der Waals surface area contributed by atoms with Gasteiger partial charge in [-0.25, -0.2) is 19.9 Å². The fraction of sp³-hybridized carbons (Fsp3) is 0.194. The fourth-order valence-corrected chi connectivity index (χ4v) is 4.99. The van der Waals surface area contributed by atoms with Gasteiger partial charge in [0.25, 0.3) is 0 Å². The molecule has 10 heteroatoms. The topological polar surface area (TPSA) is 73.6 Å². The lowest BCUT2D eigenvalue weighted by molar-refractivity contribution is -0.137. The molecule has 0 fully saturated rings. The average Bonchev–Trinajstić information content (AvgIpc) is 3.56. The summed E-state index contributed by atoms with van der Waals surface area (Å²) in [5.74, 6) is 6.63. The van der Waals surface area contributed by atoms with E-state index in [-0.39, 0.29) is 23.5 Å². The summed E-state index contributed by atoms with van der Waals surface area (Å²) in [5.41, 5.74) is 3.20. The molecule has 41 heavy (non-hydrogen) atoms. The second-order valence-electron chi connectivity index (χ2n) is 9.58. The Bertz CT molecular complexity index is 1810. The number of imidazole rings is 1. The van der Waals surface area contributed by atoms with Crippen molar-refractivity contribution in [1.82, 2.24) is 24.5 Å². The number of hydrogen-bond donors (Lipinski definition) is 0. The number of Topliss-reactive ketones (excluding diaryl/α,β-unsaturated/α-hetero) is 1. The van der Waals surface area contributed by atoms with Gasteiger partial charge in [-0.3, -0.25) is 4.79 Å². The van der Waals surface area contributed by atoms with Crippen LogP contribution in [-0.2, 0) is 19.0 Å². The first-order valence-corrected chi connectivity index (χ1v) is 13.5. The molecule has 0 N–H and O–H groups in total. The molecule has 0 atom stereocenters. The maximum Gasteiger partial charge on any atom is 0.416 e. The summed E-state index contributed by atoms with van der Waals surface area (Å²) < 4.78 is 42.4. The Labute approximate surface area is 239 Å². The molecule has 0 saturated heterocycles. The summed E-state index contributed by atoms with van der Waals surface area (Å²) in [6.07, 6.45) is 2.34. The molecule has 0 unspecified atom stereocenters. The van der Waals surface area contributed by atoms with Gasteiger partial charge >= 0.3 is 6.18 Å². The van der Waals surface area contributed by atoms with Crippen molar-refractivity contribution >= 4 is 17.1 Å². The number of carbonyl (C=O) groups is 1. The predicted molar refractivity (Wildman–Crippen MR) is 150 cm³/mol. The van der Waals surface area contributed by atoms with Crippen molar-refractivity contribution in [3.63, 3.8) is 0 Å². The van der Waals surface area contributed by atoms with Gasteiger partial charge in [-0.05, 0) is 68.2 Å². The monoisotopic (exact) mass is 571 g/mol. The Morgan fingerprint density at radius 1 is 1.00 bits per heavy atom. The Morgan fingerprint density at radius 2 is 1.83 bits per heavy atom. The number of alkyl halides is 3. The van der Waals surface area contributed by atoms with Crippen molar-refractivity contribution in [2.75, 3.05) is 0 Å². The maximum atomic E-state index is 13.6. The number of aryl methyl sites for hydroxylation is 3. The number of benzene rings is 2. The number of ketones is 1. The summed E-state index contributed by atoms with van der Waals surface area (Å²) >= 11 is 1.46. The molecule has 5 rings (SSSR count). The van der Waals surface area contributed by atoms with Crippen molar-refractivity contribution in [2.24, 2.45) is 0 Å². The van der Waals surface area contributed by atoms with Crippen molar-refractivity contribution < 1.29 is 18.0 Å². The molecule has 0 radical (unpaired) electrons. The van der Waals surface area contributed by atoms with E-state index in [2.05, 4.69) is 31.8 Å². The largest absolute Gasteiger partial charge is 0.416 e. The average molecular weight is 572 g/mol. The first-order chi connectivity index (χ1) is 19.5. The van der Waals surface area contributed by atoms with Crippen LogP contribution in [0.4, 0.5) is 13.2 Å². The van der Waals surface area contributed by atoms with Gasteiger partial charge in [0, 0.05) is 42.0 Å². The first kappa shape index (κ1) is 27.9. The van der Waals surface area contributed by atoms with Crippen LogP contribution in [0.3, 0.4) is 0 Å². The number of rotatable bonds is 6. The highest BCUT2D eigenvalue weighted by molar-refractivity contribution is 7.12. The molecule has 0 bridgehead atoms. The van der Waals surface area contributed by atoms with Crippen LogP contribution in [0.15, 0.2) is 67.4 Å². The van der Waals surface area contributed by atoms with Crippen LogP contribution < -0.4 is 0 Å². The minimum absolute atomic E-state index is 0.193. The first-order valence-electron chi connectivity index (χ1n) is 12.6. The zero-order valence-corrected chi connectivity index (χ0v) is 23.3. The van der Waals surface area contributed by atoms with E-state index in [4.69, 9.17) is 0 Å². The Hall–Kier alpha value is -4.62. The Morgan fingerprint density at radius 3 is 2.56 bits per heavy atom. The quantitative estimate of drug-likeness (QED) is 0.172. The third-order valence-electron chi connectivity index (χ3n) is 6.28. The molecule has 0 amide bonds. The molecule has 3 heterocycles. The molecule has 0 aliphatic heterocycles. The molecule has 3 aromatic heterocycles. The summed E-state index contributed by atoms with van der Waals surface area (Å²) in [6.45, 7) is 5.48. The minimum atomic E-state index is -4.56. The number of aromatic nitrogens is 5. The highest BCUT2D eigenvalue weighted by Gasteiger charge is 2.31. The second-order valence-corrected chi connectivity index (χ2v) is 10.7. The van der Waals surface area contributed by atoms with Gasteiger partial charge in [-0.1, -0.05) is 18.1 Å². The molecule has 0 spiro atoms. The van der Waals surface area contributed by atoms with Crippen molar-refractivity contribution in [1.29, 1.82) is 0 Å². The Kier molecular flexibility index (Phi) is 7.81. The molecule has 6 nitrogen and oxygen atoms in total. The number of halogens is 3. The standard InChI is InChI=1S/C31H24F3N5OS/c1-19-4-5-24(13-23(19)6-7-28-16-36-30(41-28)15-26-8-9-35-21(3)38-26)29(40)12-22-10-25(31(32,33)34)14-27(11-22)39-17-20(2)37-18-39/h4-5,8-11,13-14,16-18H,12,15H2,1-3H3. The van der Waals surface area contributed by atoms with Crippen LogP contribution >= 0.6 is 11.3 Å².